The van der Waals surface area contributed by atoms with Gasteiger partial charge in [-0.2, -0.15) is 4.98 Å². The topological polar surface area (TPSA) is 147 Å². The van der Waals surface area contributed by atoms with E-state index in [1.165, 1.54) is 12.0 Å². The van der Waals surface area contributed by atoms with Crippen molar-refractivity contribution in [2.24, 2.45) is 0 Å². The van der Waals surface area contributed by atoms with Crippen molar-refractivity contribution in [3.8, 4) is 17.5 Å². The fraction of sp³-hybridized carbons (Fsp3) is 0.292. The van der Waals surface area contributed by atoms with E-state index in [4.69, 9.17) is 14.0 Å². The number of amides is 3. The second-order valence-electron chi connectivity index (χ2n) is 8.38. The molecule has 2 aliphatic rings. The number of rotatable bonds is 6. The minimum atomic E-state index is -1.75. The summed E-state index contributed by atoms with van der Waals surface area (Å²) in [5.41, 5.74) is 2.94. The first-order chi connectivity index (χ1) is 17.4. The van der Waals surface area contributed by atoms with Crippen LogP contribution < -0.4 is 15.0 Å². The van der Waals surface area contributed by atoms with E-state index in [0.717, 1.165) is 5.56 Å². The molecule has 3 heterocycles. The molecule has 2 aliphatic heterocycles. The number of fused-ring (bicyclic) bond motifs is 1. The smallest absolute Gasteiger partial charge is 0.417 e. The van der Waals surface area contributed by atoms with Crippen molar-refractivity contribution in [1.29, 1.82) is 0 Å². The molecular formula is C24H23N5O7. The van der Waals surface area contributed by atoms with Crippen LogP contribution in [0.5, 0.6) is 6.08 Å². The fourth-order valence-electron chi connectivity index (χ4n) is 4.16. The van der Waals surface area contributed by atoms with E-state index in [9.17, 15) is 19.5 Å². The number of hydrogen-bond donors (Lipinski definition) is 2. The minimum Gasteiger partial charge on any atom is -0.452 e. The first-order valence-corrected chi connectivity index (χ1v) is 11.1. The van der Waals surface area contributed by atoms with Gasteiger partial charge in [0.1, 0.15) is 0 Å². The molecule has 0 aliphatic carbocycles. The van der Waals surface area contributed by atoms with Gasteiger partial charge in [0.2, 0.25) is 5.82 Å². The van der Waals surface area contributed by atoms with E-state index in [0.29, 0.717) is 34.9 Å². The number of benzene rings is 2. The van der Waals surface area contributed by atoms with Crippen molar-refractivity contribution in [2.45, 2.75) is 18.8 Å². The Morgan fingerprint density at radius 3 is 2.72 bits per heavy atom. The molecule has 2 atom stereocenters. The average molecular weight is 493 g/mol. The van der Waals surface area contributed by atoms with Crippen LogP contribution in [0.1, 0.15) is 15.9 Å². The number of morpholine rings is 1. The number of ether oxygens (including phenoxy) is 2. The zero-order chi connectivity index (χ0) is 25.4. The van der Waals surface area contributed by atoms with Gasteiger partial charge < -0.3 is 29.7 Å². The maximum absolute atomic E-state index is 13.1. The van der Waals surface area contributed by atoms with Crippen LogP contribution in [-0.2, 0) is 20.9 Å². The van der Waals surface area contributed by atoms with Gasteiger partial charge in [-0.25, -0.2) is 0 Å². The number of carbonyl (C=O) groups is 3. The van der Waals surface area contributed by atoms with Gasteiger partial charge in [0.15, 0.2) is 12.2 Å². The molecule has 186 valence electrons. The number of aromatic nitrogens is 2. The lowest BCUT2D eigenvalue weighted by molar-refractivity contribution is -0.150. The fourth-order valence-corrected chi connectivity index (χ4v) is 4.16. The highest BCUT2D eigenvalue weighted by Gasteiger charge is 2.40. The second kappa shape index (κ2) is 9.40. The molecule has 5 rings (SSSR count). The summed E-state index contributed by atoms with van der Waals surface area (Å²) in [6, 6.07) is 11.7. The van der Waals surface area contributed by atoms with Gasteiger partial charge in [0.25, 0.3) is 17.7 Å². The van der Waals surface area contributed by atoms with Gasteiger partial charge in [-0.05, 0) is 42.0 Å². The van der Waals surface area contributed by atoms with Crippen LogP contribution in [-0.4, -0.2) is 77.4 Å². The third-order valence-corrected chi connectivity index (χ3v) is 6.06. The lowest BCUT2D eigenvalue weighted by atomic mass is 10.1. The Kier molecular flexibility index (Phi) is 6.12. The Morgan fingerprint density at radius 1 is 1.22 bits per heavy atom. The van der Waals surface area contributed by atoms with Crippen LogP contribution in [0.4, 0.5) is 11.4 Å². The summed E-state index contributed by atoms with van der Waals surface area (Å²) in [4.78, 5) is 45.3. The number of nitrogens with one attached hydrogen (secondary N) is 1. The zero-order valence-electron chi connectivity index (χ0n) is 19.5. The minimum absolute atomic E-state index is 0.0236. The highest BCUT2D eigenvalue weighted by Crippen LogP contribution is 2.28. The van der Waals surface area contributed by atoms with Crippen molar-refractivity contribution in [1.82, 2.24) is 15.0 Å². The Morgan fingerprint density at radius 2 is 2.00 bits per heavy atom. The molecule has 0 radical (unpaired) electrons. The standard InChI is InChI=1S/C24H23N5O7/c1-28-12-14-5-8-16(11-17(14)22(28)32)29-9-10-35-19(23(29)33)18(30)21(31)25-15-6-3-13(4-7-15)20-26-24(34-2)36-27-20/h3-8,11,18-19,30H,9-10,12H2,1-2H3,(H,25,31)/t18-,19-/m1/s1. The van der Waals surface area contributed by atoms with E-state index in [1.54, 1.807) is 54.4 Å². The SMILES string of the molecule is COc1nc(-c2ccc(NC(=O)[C@H](O)[C@H]3OCCN(c4ccc5c(c4)C(=O)N(C)C5)C3=O)cc2)no1. The molecule has 3 amide bonds. The van der Waals surface area contributed by atoms with Gasteiger partial charge in [0.05, 0.1) is 13.7 Å². The van der Waals surface area contributed by atoms with Crippen LogP contribution >= 0.6 is 0 Å². The summed E-state index contributed by atoms with van der Waals surface area (Å²) in [7, 11) is 3.12. The van der Waals surface area contributed by atoms with Crippen LogP contribution in [0, 0.1) is 0 Å². The van der Waals surface area contributed by atoms with Gasteiger partial charge in [-0.1, -0.05) is 11.2 Å². The predicted molar refractivity (Wildman–Crippen MR) is 125 cm³/mol. The maximum atomic E-state index is 13.1. The van der Waals surface area contributed by atoms with Crippen molar-refractivity contribution >= 4 is 29.1 Å². The summed E-state index contributed by atoms with van der Waals surface area (Å²) < 4.78 is 15.2. The summed E-state index contributed by atoms with van der Waals surface area (Å²) in [6.07, 6.45) is -3.12. The monoisotopic (exact) mass is 493 g/mol. The molecule has 3 aromatic rings. The summed E-state index contributed by atoms with van der Waals surface area (Å²) in [5.74, 6) is -1.17. The molecule has 12 nitrogen and oxygen atoms in total. The molecule has 0 bridgehead atoms. The number of carbonyl (C=O) groups excluding carboxylic acids is 3. The quantitative estimate of drug-likeness (QED) is 0.514. The van der Waals surface area contributed by atoms with Crippen LogP contribution in [0.25, 0.3) is 11.4 Å². The second-order valence-corrected chi connectivity index (χ2v) is 8.38. The molecule has 1 fully saturated rings. The third kappa shape index (κ3) is 4.27. The number of methoxy groups -OCH3 is 1. The zero-order valence-corrected chi connectivity index (χ0v) is 19.5. The first kappa shape index (κ1) is 23.5. The van der Waals surface area contributed by atoms with Crippen molar-refractivity contribution in [2.75, 3.05) is 37.5 Å². The largest absolute Gasteiger partial charge is 0.452 e. The van der Waals surface area contributed by atoms with E-state index in [-0.39, 0.29) is 25.1 Å². The van der Waals surface area contributed by atoms with Crippen molar-refractivity contribution in [3.05, 3.63) is 53.6 Å². The van der Waals surface area contributed by atoms with E-state index >= 15 is 0 Å². The van der Waals surface area contributed by atoms with Gasteiger partial charge in [0, 0.05) is 42.6 Å². The molecule has 0 unspecified atom stereocenters. The molecule has 0 spiro atoms. The van der Waals surface area contributed by atoms with Crippen LogP contribution in [0.2, 0.25) is 0 Å². The summed E-state index contributed by atoms with van der Waals surface area (Å²) in [6.45, 7) is 0.862. The van der Waals surface area contributed by atoms with E-state index in [2.05, 4.69) is 15.5 Å². The number of nitrogens with zero attached hydrogens (tertiary/aromatic N) is 4. The normalized spacial score (nSPS) is 18.2. The number of aliphatic hydroxyl groups is 1. The Hall–Kier alpha value is -4.29. The van der Waals surface area contributed by atoms with Gasteiger partial charge >= 0.3 is 6.08 Å². The highest BCUT2D eigenvalue weighted by atomic mass is 16.6. The molecule has 2 aromatic carbocycles. The molecule has 0 saturated carbocycles. The van der Waals surface area contributed by atoms with Crippen molar-refractivity contribution < 1.29 is 33.5 Å². The molecular weight excluding hydrogens is 470 g/mol. The van der Waals surface area contributed by atoms with Crippen LogP contribution in [0.15, 0.2) is 47.0 Å². The molecule has 1 saturated heterocycles. The predicted octanol–water partition coefficient (Wildman–Crippen LogP) is 1.06. The molecule has 36 heavy (non-hydrogen) atoms. The Bertz CT molecular complexity index is 1320. The number of aliphatic hydroxyl groups excluding tert-OH is 1. The lowest BCUT2D eigenvalue weighted by Gasteiger charge is -2.34. The molecule has 12 heteroatoms. The van der Waals surface area contributed by atoms with E-state index in [1.807, 2.05) is 0 Å². The van der Waals surface area contributed by atoms with Crippen LogP contribution in [0.3, 0.4) is 0 Å². The highest BCUT2D eigenvalue weighted by molar-refractivity contribution is 6.05. The average Bonchev–Trinajstić information content (AvgIpc) is 3.48. The van der Waals surface area contributed by atoms with E-state index < -0.39 is 24.0 Å². The maximum Gasteiger partial charge on any atom is 0.417 e. The van der Waals surface area contributed by atoms with Crippen molar-refractivity contribution in [3.63, 3.8) is 0 Å². The lowest BCUT2D eigenvalue weighted by Crippen LogP contribution is -2.55. The summed E-state index contributed by atoms with van der Waals surface area (Å²) in [5, 5.41) is 17.0. The first-order valence-electron chi connectivity index (χ1n) is 11.1. The van der Waals surface area contributed by atoms with Gasteiger partial charge in [-0.15, -0.1) is 0 Å². The van der Waals surface area contributed by atoms with Gasteiger partial charge in [-0.3, -0.25) is 18.9 Å². The Balaban J connectivity index is 1.26. The number of hydrogen-bond acceptors (Lipinski definition) is 9. The Labute approximate surface area is 205 Å². The third-order valence-electron chi connectivity index (χ3n) is 6.06. The molecule has 1 aromatic heterocycles. The number of anilines is 2. The molecule has 2 N–H and O–H groups in total. The summed E-state index contributed by atoms with van der Waals surface area (Å²) >= 11 is 0.